The van der Waals surface area contributed by atoms with Crippen molar-refractivity contribution in [1.82, 2.24) is 5.32 Å². The van der Waals surface area contributed by atoms with Crippen LogP contribution >= 0.6 is 11.6 Å². The average Bonchev–Trinajstić information content (AvgIpc) is 2.29. The van der Waals surface area contributed by atoms with Gasteiger partial charge in [0.25, 0.3) is 5.91 Å². The number of aryl methyl sites for hydroxylation is 1. The number of hydrogen-bond donors (Lipinski definition) is 3. The zero-order valence-electron chi connectivity index (χ0n) is 10.0. The molecular formula is C12H14ClNO4. The lowest BCUT2D eigenvalue weighted by molar-refractivity contribution is -0.155. The fraction of sp³-hybridized carbons (Fsp3) is 0.333. The van der Waals surface area contributed by atoms with Crippen molar-refractivity contribution < 1.29 is 19.8 Å². The molecule has 5 nitrogen and oxygen atoms in total. The first-order valence-corrected chi connectivity index (χ1v) is 5.62. The third-order valence-electron chi connectivity index (χ3n) is 2.50. The van der Waals surface area contributed by atoms with E-state index >= 15 is 0 Å². The molecule has 0 spiro atoms. The lowest BCUT2D eigenvalue weighted by atomic mass is 10.1. The summed E-state index contributed by atoms with van der Waals surface area (Å²) in [5, 5.41) is 20.9. The lowest BCUT2D eigenvalue weighted by Crippen LogP contribution is -2.46. The van der Waals surface area contributed by atoms with E-state index in [2.05, 4.69) is 5.32 Å². The predicted octanol–water partition coefficient (Wildman–Crippen LogP) is 1.21. The van der Waals surface area contributed by atoms with Gasteiger partial charge in [0.2, 0.25) is 0 Å². The van der Waals surface area contributed by atoms with E-state index in [1.807, 2.05) is 0 Å². The summed E-state index contributed by atoms with van der Waals surface area (Å²) in [6.45, 7) is 2.47. The van der Waals surface area contributed by atoms with Gasteiger partial charge in [-0.15, -0.1) is 0 Å². The van der Waals surface area contributed by atoms with Crippen LogP contribution in [0.15, 0.2) is 18.2 Å². The highest BCUT2D eigenvalue weighted by Gasteiger charge is 2.30. The Morgan fingerprint density at radius 3 is 2.61 bits per heavy atom. The van der Waals surface area contributed by atoms with Crippen LogP contribution in [-0.2, 0) is 4.79 Å². The second-order valence-electron chi connectivity index (χ2n) is 4.22. The second-order valence-corrected chi connectivity index (χ2v) is 4.66. The number of nitrogens with one attached hydrogen (secondary N) is 1. The number of hydrogen-bond acceptors (Lipinski definition) is 3. The Balaban J connectivity index is 2.78. The minimum absolute atomic E-state index is 0.351. The van der Waals surface area contributed by atoms with Crippen molar-refractivity contribution >= 4 is 23.5 Å². The third-order valence-corrected chi connectivity index (χ3v) is 2.73. The van der Waals surface area contributed by atoms with Crippen molar-refractivity contribution in [3.8, 4) is 0 Å². The van der Waals surface area contributed by atoms with Gasteiger partial charge in [-0.25, -0.2) is 4.79 Å². The molecule has 0 saturated carbocycles. The zero-order valence-corrected chi connectivity index (χ0v) is 10.8. The van der Waals surface area contributed by atoms with E-state index in [1.54, 1.807) is 19.1 Å². The lowest BCUT2D eigenvalue weighted by Gasteiger charge is -2.18. The van der Waals surface area contributed by atoms with E-state index in [1.165, 1.54) is 6.07 Å². The predicted molar refractivity (Wildman–Crippen MR) is 66.8 cm³/mol. The minimum Gasteiger partial charge on any atom is -0.479 e. The van der Waals surface area contributed by atoms with E-state index in [4.69, 9.17) is 16.7 Å². The molecule has 1 unspecified atom stereocenters. The summed E-state index contributed by atoms with van der Waals surface area (Å²) < 4.78 is 0. The SMILES string of the molecule is Cc1ccc(Cl)cc1C(=O)NCC(C)(O)C(=O)O. The van der Waals surface area contributed by atoms with Crippen LogP contribution in [0.1, 0.15) is 22.8 Å². The van der Waals surface area contributed by atoms with Crippen LogP contribution in [0, 0.1) is 6.92 Å². The molecule has 18 heavy (non-hydrogen) atoms. The molecule has 6 heteroatoms. The molecule has 0 radical (unpaired) electrons. The maximum Gasteiger partial charge on any atom is 0.337 e. The van der Waals surface area contributed by atoms with Gasteiger partial charge in [-0.1, -0.05) is 17.7 Å². The molecule has 1 aromatic rings. The molecule has 0 fully saturated rings. The number of carbonyl (C=O) groups excluding carboxylic acids is 1. The highest BCUT2D eigenvalue weighted by atomic mass is 35.5. The summed E-state index contributed by atoms with van der Waals surface area (Å²) in [5.41, 5.74) is -0.933. The number of benzene rings is 1. The van der Waals surface area contributed by atoms with E-state index < -0.39 is 17.5 Å². The first-order valence-electron chi connectivity index (χ1n) is 5.24. The number of halogens is 1. The van der Waals surface area contributed by atoms with Crippen LogP contribution in [0.25, 0.3) is 0 Å². The summed E-state index contributed by atoms with van der Waals surface area (Å²) in [5.74, 6) is -1.87. The summed E-state index contributed by atoms with van der Waals surface area (Å²) in [7, 11) is 0. The maximum absolute atomic E-state index is 11.8. The number of carboxylic acid groups (broad SMARTS) is 1. The first kappa shape index (κ1) is 14.5. The molecule has 1 rings (SSSR count). The van der Waals surface area contributed by atoms with Crippen LogP contribution in [0.4, 0.5) is 0 Å². The summed E-state index contributed by atoms with van der Waals surface area (Å²) >= 11 is 5.78. The summed E-state index contributed by atoms with van der Waals surface area (Å²) in [6, 6.07) is 4.83. The van der Waals surface area contributed by atoms with E-state index in [0.717, 1.165) is 6.92 Å². The van der Waals surface area contributed by atoms with Gasteiger partial charge in [0.05, 0.1) is 6.54 Å². The fourth-order valence-corrected chi connectivity index (χ4v) is 1.43. The molecule has 0 saturated heterocycles. The molecule has 0 aliphatic heterocycles. The largest absolute Gasteiger partial charge is 0.479 e. The Morgan fingerprint density at radius 1 is 1.44 bits per heavy atom. The Labute approximate surface area is 109 Å². The molecule has 0 aliphatic rings. The van der Waals surface area contributed by atoms with Crippen LogP contribution in [0.3, 0.4) is 0 Å². The number of aliphatic carboxylic acids is 1. The van der Waals surface area contributed by atoms with Gasteiger partial charge in [0.1, 0.15) is 0 Å². The normalized spacial score (nSPS) is 13.8. The molecule has 3 N–H and O–H groups in total. The van der Waals surface area contributed by atoms with Gasteiger partial charge in [-0.05, 0) is 31.5 Å². The number of carbonyl (C=O) groups is 2. The topological polar surface area (TPSA) is 86.6 Å². The van der Waals surface area contributed by atoms with Gasteiger partial charge < -0.3 is 15.5 Å². The molecule has 98 valence electrons. The van der Waals surface area contributed by atoms with Crippen LogP contribution < -0.4 is 5.32 Å². The molecule has 0 aliphatic carbocycles. The summed E-state index contributed by atoms with van der Waals surface area (Å²) in [6.07, 6.45) is 0. The molecule has 1 aromatic carbocycles. The van der Waals surface area contributed by atoms with Crippen molar-refractivity contribution in [3.63, 3.8) is 0 Å². The highest BCUT2D eigenvalue weighted by molar-refractivity contribution is 6.31. The monoisotopic (exact) mass is 271 g/mol. The molecule has 0 aromatic heterocycles. The van der Waals surface area contributed by atoms with Gasteiger partial charge in [-0.3, -0.25) is 4.79 Å². The van der Waals surface area contributed by atoms with Crippen molar-refractivity contribution in [1.29, 1.82) is 0 Å². The van der Waals surface area contributed by atoms with Crippen LogP contribution in [0.5, 0.6) is 0 Å². The zero-order chi connectivity index (χ0) is 13.9. The molecule has 0 heterocycles. The number of aliphatic hydroxyl groups is 1. The van der Waals surface area contributed by atoms with Crippen molar-refractivity contribution in [2.75, 3.05) is 6.54 Å². The minimum atomic E-state index is -2.00. The molecule has 0 bridgehead atoms. The van der Waals surface area contributed by atoms with E-state index in [-0.39, 0.29) is 6.54 Å². The summed E-state index contributed by atoms with van der Waals surface area (Å²) in [4.78, 5) is 22.5. The molecule has 1 atom stereocenters. The van der Waals surface area contributed by atoms with Crippen molar-refractivity contribution in [2.45, 2.75) is 19.4 Å². The maximum atomic E-state index is 11.8. The van der Waals surface area contributed by atoms with Gasteiger partial charge in [0.15, 0.2) is 5.60 Å². The van der Waals surface area contributed by atoms with Crippen molar-refractivity contribution in [3.05, 3.63) is 34.3 Å². The Bertz CT molecular complexity index is 485. The average molecular weight is 272 g/mol. The third kappa shape index (κ3) is 3.45. The fourth-order valence-electron chi connectivity index (χ4n) is 1.26. The quantitative estimate of drug-likeness (QED) is 0.768. The standard InChI is InChI=1S/C12H14ClNO4/c1-7-3-4-8(13)5-9(7)10(15)14-6-12(2,18)11(16)17/h3-5,18H,6H2,1-2H3,(H,14,15)(H,16,17). The molecule has 1 amide bonds. The number of carboxylic acids is 1. The van der Waals surface area contributed by atoms with Gasteiger partial charge in [0, 0.05) is 10.6 Å². The Morgan fingerprint density at radius 2 is 2.06 bits per heavy atom. The van der Waals surface area contributed by atoms with Crippen LogP contribution in [0.2, 0.25) is 5.02 Å². The van der Waals surface area contributed by atoms with E-state index in [0.29, 0.717) is 16.1 Å². The first-order chi connectivity index (χ1) is 8.24. The van der Waals surface area contributed by atoms with Gasteiger partial charge >= 0.3 is 5.97 Å². The second kappa shape index (κ2) is 5.37. The Kier molecular flexibility index (Phi) is 4.32. The number of rotatable bonds is 4. The highest BCUT2D eigenvalue weighted by Crippen LogP contribution is 2.15. The smallest absolute Gasteiger partial charge is 0.337 e. The van der Waals surface area contributed by atoms with E-state index in [9.17, 15) is 14.7 Å². The van der Waals surface area contributed by atoms with Gasteiger partial charge in [-0.2, -0.15) is 0 Å². The molecular weight excluding hydrogens is 258 g/mol. The number of amides is 1. The Hall–Kier alpha value is -1.59. The van der Waals surface area contributed by atoms with Crippen LogP contribution in [-0.4, -0.2) is 34.2 Å². The van der Waals surface area contributed by atoms with Crippen molar-refractivity contribution in [2.24, 2.45) is 0 Å².